The van der Waals surface area contributed by atoms with Gasteiger partial charge in [0, 0.05) is 5.92 Å². The number of hydrogen-bond acceptors (Lipinski definition) is 2. The van der Waals surface area contributed by atoms with E-state index in [0.717, 1.165) is 25.7 Å². The summed E-state index contributed by atoms with van der Waals surface area (Å²) in [5.74, 6) is -0.239. The minimum absolute atomic E-state index is 0.0280. The van der Waals surface area contributed by atoms with Crippen molar-refractivity contribution in [3.8, 4) is 5.75 Å². The van der Waals surface area contributed by atoms with Crippen molar-refractivity contribution in [2.24, 2.45) is 5.92 Å². The average molecular weight is 270 g/mol. The van der Waals surface area contributed by atoms with E-state index in [4.69, 9.17) is 0 Å². The van der Waals surface area contributed by atoms with Crippen molar-refractivity contribution in [1.29, 1.82) is 0 Å². The molecule has 0 unspecified atom stereocenters. The number of alkyl halides is 2. The fourth-order valence-electron chi connectivity index (χ4n) is 2.19. The van der Waals surface area contributed by atoms with Crippen LogP contribution in [0.1, 0.15) is 49.9 Å². The summed E-state index contributed by atoms with van der Waals surface area (Å²) in [6.45, 7) is 1.11. The largest absolute Gasteiger partial charge is 0.434 e. The molecule has 19 heavy (non-hydrogen) atoms. The van der Waals surface area contributed by atoms with E-state index in [9.17, 15) is 13.6 Å². The predicted molar refractivity (Wildman–Crippen MR) is 70.7 cm³/mol. The van der Waals surface area contributed by atoms with Gasteiger partial charge in [-0.05, 0) is 25.0 Å². The maximum Gasteiger partial charge on any atom is 0.387 e. The Kier molecular flexibility index (Phi) is 6.46. The first-order valence-electron chi connectivity index (χ1n) is 6.68. The van der Waals surface area contributed by atoms with E-state index in [0.29, 0.717) is 0 Å². The van der Waals surface area contributed by atoms with Crippen molar-refractivity contribution in [2.75, 3.05) is 0 Å². The van der Waals surface area contributed by atoms with Gasteiger partial charge in [-0.3, -0.25) is 4.79 Å². The van der Waals surface area contributed by atoms with Gasteiger partial charge in [-0.15, -0.1) is 0 Å². The summed E-state index contributed by atoms with van der Waals surface area (Å²) in [4.78, 5) is 12.4. The van der Waals surface area contributed by atoms with Gasteiger partial charge in [-0.2, -0.15) is 8.78 Å². The smallest absolute Gasteiger partial charge is 0.387 e. The van der Waals surface area contributed by atoms with Crippen LogP contribution < -0.4 is 4.74 Å². The molecule has 0 spiro atoms. The van der Waals surface area contributed by atoms with Gasteiger partial charge < -0.3 is 4.74 Å². The van der Waals surface area contributed by atoms with Crippen molar-refractivity contribution in [2.45, 2.75) is 46.1 Å². The zero-order valence-electron chi connectivity index (χ0n) is 11.4. The fraction of sp³-hybridized carbons (Fsp3) is 0.533. The number of carbonyl (C=O) groups excluding carboxylic acids is 1. The third-order valence-corrected chi connectivity index (χ3v) is 3.01. The maximum absolute atomic E-state index is 12.4. The Bertz CT molecular complexity index is 399. The molecule has 0 aliphatic carbocycles. The quantitative estimate of drug-likeness (QED) is 0.641. The Morgan fingerprint density at radius 1 is 1.16 bits per heavy atom. The third kappa shape index (κ3) is 4.62. The fourth-order valence-corrected chi connectivity index (χ4v) is 2.19. The molecule has 0 radical (unpaired) electrons. The summed E-state index contributed by atoms with van der Waals surface area (Å²) in [7, 11) is 0. The molecule has 0 amide bonds. The minimum Gasteiger partial charge on any atom is -0.434 e. The van der Waals surface area contributed by atoms with E-state index in [2.05, 4.69) is 4.74 Å². The molecule has 4 heteroatoms. The summed E-state index contributed by atoms with van der Waals surface area (Å²) in [6, 6.07) is 6.22. The van der Waals surface area contributed by atoms with Gasteiger partial charge in [-0.25, -0.2) is 0 Å². The molecule has 0 fully saturated rings. The van der Waals surface area contributed by atoms with Crippen LogP contribution in [0.4, 0.5) is 8.78 Å². The molecule has 0 N–H and O–H groups in total. The molecule has 0 saturated carbocycles. The molecule has 1 rings (SSSR count). The number of hydrogen-bond donors (Lipinski definition) is 0. The van der Waals surface area contributed by atoms with Crippen molar-refractivity contribution >= 4 is 5.78 Å². The van der Waals surface area contributed by atoms with Gasteiger partial charge in [0.05, 0.1) is 5.56 Å². The molecule has 0 aliphatic heterocycles. The van der Waals surface area contributed by atoms with Crippen LogP contribution in [0.3, 0.4) is 0 Å². The van der Waals surface area contributed by atoms with E-state index >= 15 is 0 Å². The van der Waals surface area contributed by atoms with Crippen molar-refractivity contribution in [3.05, 3.63) is 29.8 Å². The molecular weight excluding hydrogens is 250 g/mol. The molecule has 0 atom stereocenters. The van der Waals surface area contributed by atoms with Crippen LogP contribution in [0.15, 0.2) is 24.3 Å². The summed E-state index contributed by atoms with van der Waals surface area (Å²) in [5.41, 5.74) is 0.259. The van der Waals surface area contributed by atoms with Crippen LogP contribution >= 0.6 is 0 Å². The lowest BCUT2D eigenvalue weighted by Crippen LogP contribution is -2.16. The number of Topliss-reactive ketones (excluding diaryl/α,β-unsaturated/α-hetero) is 1. The highest BCUT2D eigenvalue weighted by atomic mass is 19.3. The molecule has 0 aliphatic rings. The molecule has 0 saturated heterocycles. The number of ketones is 1. The standard InChI is InChI=1S/C15H20F2O2/c1-3-7-11(8-4-2)14(18)12-9-5-6-10-13(12)19-15(16)17/h5-6,9-11,15H,3-4,7-8H2,1-2H3. The molecule has 2 nitrogen and oxygen atoms in total. The van der Waals surface area contributed by atoms with Gasteiger partial charge in [0.15, 0.2) is 5.78 Å². The zero-order valence-corrected chi connectivity index (χ0v) is 11.4. The normalized spacial score (nSPS) is 11.1. The van der Waals surface area contributed by atoms with E-state index in [1.54, 1.807) is 18.2 Å². The molecular formula is C15H20F2O2. The van der Waals surface area contributed by atoms with E-state index < -0.39 is 6.61 Å². The molecule has 1 aromatic rings. The highest BCUT2D eigenvalue weighted by molar-refractivity contribution is 6.00. The summed E-state index contributed by atoms with van der Waals surface area (Å²) >= 11 is 0. The van der Waals surface area contributed by atoms with E-state index in [1.807, 2.05) is 13.8 Å². The lowest BCUT2D eigenvalue weighted by atomic mass is 9.89. The highest BCUT2D eigenvalue weighted by Crippen LogP contribution is 2.26. The van der Waals surface area contributed by atoms with Crippen LogP contribution in [0.25, 0.3) is 0 Å². The number of rotatable bonds is 8. The summed E-state index contributed by atoms with van der Waals surface area (Å²) in [5, 5.41) is 0. The van der Waals surface area contributed by atoms with Crippen LogP contribution in [-0.2, 0) is 0 Å². The number of carbonyl (C=O) groups is 1. The van der Waals surface area contributed by atoms with Gasteiger partial charge in [0.1, 0.15) is 5.75 Å². The van der Waals surface area contributed by atoms with E-state index in [1.165, 1.54) is 6.07 Å². The lowest BCUT2D eigenvalue weighted by molar-refractivity contribution is -0.0501. The van der Waals surface area contributed by atoms with Crippen molar-refractivity contribution < 1.29 is 18.3 Å². The van der Waals surface area contributed by atoms with Crippen molar-refractivity contribution in [3.63, 3.8) is 0 Å². The van der Waals surface area contributed by atoms with Gasteiger partial charge in [-0.1, -0.05) is 38.8 Å². The number of para-hydroxylation sites is 1. The molecule has 0 aromatic heterocycles. The number of ether oxygens (including phenoxy) is 1. The Labute approximate surface area is 112 Å². The van der Waals surface area contributed by atoms with Gasteiger partial charge in [0.2, 0.25) is 0 Å². The van der Waals surface area contributed by atoms with Gasteiger partial charge in [0.25, 0.3) is 0 Å². The summed E-state index contributed by atoms with van der Waals surface area (Å²) < 4.78 is 29.1. The Morgan fingerprint density at radius 3 is 2.26 bits per heavy atom. The Morgan fingerprint density at radius 2 is 1.74 bits per heavy atom. The van der Waals surface area contributed by atoms with Crippen LogP contribution in [0.5, 0.6) is 5.75 Å². The molecule has 106 valence electrons. The number of halogens is 2. The summed E-state index contributed by atoms with van der Waals surface area (Å²) in [6.07, 6.45) is 3.34. The molecule has 0 bridgehead atoms. The lowest BCUT2D eigenvalue weighted by Gasteiger charge is -2.16. The van der Waals surface area contributed by atoms with Crippen LogP contribution in [0.2, 0.25) is 0 Å². The minimum atomic E-state index is -2.91. The number of benzene rings is 1. The van der Waals surface area contributed by atoms with Gasteiger partial charge >= 0.3 is 6.61 Å². The second-order valence-corrected chi connectivity index (χ2v) is 4.51. The maximum atomic E-state index is 12.4. The van der Waals surface area contributed by atoms with Crippen LogP contribution in [0, 0.1) is 5.92 Å². The topological polar surface area (TPSA) is 26.3 Å². The molecule has 1 aromatic carbocycles. The first-order chi connectivity index (χ1) is 9.10. The van der Waals surface area contributed by atoms with Crippen LogP contribution in [-0.4, -0.2) is 12.4 Å². The molecule has 0 heterocycles. The second-order valence-electron chi connectivity index (χ2n) is 4.51. The Hall–Kier alpha value is -1.45. The van der Waals surface area contributed by atoms with E-state index in [-0.39, 0.29) is 23.0 Å². The Balaban J connectivity index is 2.96. The monoisotopic (exact) mass is 270 g/mol. The highest BCUT2D eigenvalue weighted by Gasteiger charge is 2.22. The first kappa shape index (κ1) is 15.6. The third-order valence-electron chi connectivity index (χ3n) is 3.01. The van der Waals surface area contributed by atoms with Crippen molar-refractivity contribution in [1.82, 2.24) is 0 Å². The average Bonchev–Trinajstić information content (AvgIpc) is 2.38. The first-order valence-corrected chi connectivity index (χ1v) is 6.68. The zero-order chi connectivity index (χ0) is 14.3. The SMILES string of the molecule is CCCC(CCC)C(=O)c1ccccc1OC(F)F. The predicted octanol–water partition coefficient (Wildman–Crippen LogP) is 4.69. The second kappa shape index (κ2) is 7.87.